The van der Waals surface area contributed by atoms with Crippen molar-refractivity contribution in [2.24, 2.45) is 5.92 Å². The van der Waals surface area contributed by atoms with Crippen LogP contribution in [0.25, 0.3) is 11.0 Å². The van der Waals surface area contributed by atoms with Gasteiger partial charge in [0.1, 0.15) is 17.7 Å². The summed E-state index contributed by atoms with van der Waals surface area (Å²) < 4.78 is 38.6. The molecule has 3 heterocycles. The molecule has 0 bridgehead atoms. The van der Waals surface area contributed by atoms with Gasteiger partial charge in [-0.15, -0.1) is 0 Å². The summed E-state index contributed by atoms with van der Waals surface area (Å²) in [7, 11) is 0. The molecule has 5 nitrogen and oxygen atoms in total. The highest BCUT2D eigenvalue weighted by Crippen LogP contribution is 2.34. The Morgan fingerprint density at radius 3 is 2.81 bits per heavy atom. The van der Waals surface area contributed by atoms with Crippen LogP contribution in [-0.4, -0.2) is 34.2 Å². The Bertz CT molecular complexity index is 658. The van der Waals surface area contributed by atoms with Gasteiger partial charge in [0.05, 0.1) is 11.4 Å². The zero-order valence-electron chi connectivity index (χ0n) is 11.1. The highest BCUT2D eigenvalue weighted by molar-refractivity contribution is 5.84. The molecule has 1 fully saturated rings. The van der Waals surface area contributed by atoms with E-state index in [4.69, 9.17) is 5.73 Å². The number of hydrogen-bond acceptors (Lipinski definition) is 5. The van der Waals surface area contributed by atoms with Gasteiger partial charge in [-0.2, -0.15) is 13.2 Å². The summed E-state index contributed by atoms with van der Waals surface area (Å²) >= 11 is 0. The first-order chi connectivity index (χ1) is 9.95. The molecule has 0 saturated carbocycles. The van der Waals surface area contributed by atoms with Crippen LogP contribution < -0.4 is 10.6 Å². The van der Waals surface area contributed by atoms with Crippen molar-refractivity contribution in [3.05, 3.63) is 18.5 Å². The van der Waals surface area contributed by atoms with Gasteiger partial charge in [-0.05, 0) is 25.0 Å². The number of anilines is 2. The topological polar surface area (TPSA) is 67.9 Å². The summed E-state index contributed by atoms with van der Waals surface area (Å²) in [4.78, 5) is 13.9. The summed E-state index contributed by atoms with van der Waals surface area (Å²) in [5, 5.41) is 0. The fraction of sp³-hybridized carbons (Fsp3) is 0.462. The van der Waals surface area contributed by atoms with Gasteiger partial charge in [-0.1, -0.05) is 0 Å². The molecule has 0 aromatic carbocycles. The average molecular weight is 297 g/mol. The normalized spacial score (nSPS) is 20.0. The lowest BCUT2D eigenvalue weighted by Crippen LogP contribution is -2.42. The molecule has 3 rings (SSSR count). The molecule has 0 radical (unpaired) electrons. The zero-order chi connectivity index (χ0) is 15.0. The van der Waals surface area contributed by atoms with Crippen LogP contribution in [0, 0.1) is 5.92 Å². The minimum absolute atomic E-state index is 0.0738. The minimum Gasteiger partial charge on any atom is -0.382 e. The third kappa shape index (κ3) is 2.70. The van der Waals surface area contributed by atoms with Gasteiger partial charge < -0.3 is 10.6 Å². The van der Waals surface area contributed by atoms with Crippen molar-refractivity contribution in [3.8, 4) is 0 Å². The van der Waals surface area contributed by atoms with Crippen LogP contribution in [0.2, 0.25) is 0 Å². The van der Waals surface area contributed by atoms with Crippen LogP contribution in [-0.2, 0) is 0 Å². The first-order valence-corrected chi connectivity index (χ1v) is 6.64. The zero-order valence-corrected chi connectivity index (χ0v) is 11.1. The molecule has 1 aliphatic rings. The number of fused-ring (bicyclic) bond motifs is 1. The van der Waals surface area contributed by atoms with E-state index in [1.54, 1.807) is 17.0 Å². The van der Waals surface area contributed by atoms with Gasteiger partial charge in [0, 0.05) is 13.1 Å². The first kappa shape index (κ1) is 13.8. The fourth-order valence-electron chi connectivity index (χ4n) is 2.58. The third-order valence-electron chi connectivity index (χ3n) is 3.70. The Hall–Kier alpha value is -2.12. The Balaban J connectivity index is 1.91. The molecular formula is C13H14F3N5. The van der Waals surface area contributed by atoms with E-state index in [-0.39, 0.29) is 18.8 Å². The second kappa shape index (κ2) is 5.01. The summed E-state index contributed by atoms with van der Waals surface area (Å²) in [6.07, 6.45) is -2.18. The van der Waals surface area contributed by atoms with Crippen LogP contribution in [0.15, 0.2) is 18.5 Å². The summed E-state index contributed by atoms with van der Waals surface area (Å²) in [6, 6.07) is 3.38. The van der Waals surface area contributed by atoms with E-state index < -0.39 is 12.1 Å². The van der Waals surface area contributed by atoms with Crippen LogP contribution >= 0.6 is 0 Å². The van der Waals surface area contributed by atoms with Gasteiger partial charge >= 0.3 is 6.18 Å². The van der Waals surface area contributed by atoms with E-state index in [0.717, 1.165) is 0 Å². The quantitative estimate of drug-likeness (QED) is 0.875. The standard InChI is InChI=1S/C13H14F3N5/c14-13(15,16)8-2-1-5-21(6-8)10-4-3-9-11(20-10)12(17)19-7-18-9/h3-4,7-8H,1-2,5-6H2,(H2,17,18,19). The van der Waals surface area contributed by atoms with Crippen molar-refractivity contribution in [1.82, 2.24) is 15.0 Å². The lowest BCUT2D eigenvalue weighted by atomic mass is 9.97. The molecule has 1 atom stereocenters. The highest BCUT2D eigenvalue weighted by Gasteiger charge is 2.42. The summed E-state index contributed by atoms with van der Waals surface area (Å²) in [6.45, 7) is 0.480. The van der Waals surface area contributed by atoms with Crippen LogP contribution in [0.4, 0.5) is 24.8 Å². The number of halogens is 3. The van der Waals surface area contributed by atoms with E-state index in [9.17, 15) is 13.2 Å². The highest BCUT2D eigenvalue weighted by atomic mass is 19.4. The molecule has 0 amide bonds. The Morgan fingerprint density at radius 1 is 1.24 bits per heavy atom. The molecular weight excluding hydrogens is 283 g/mol. The van der Waals surface area contributed by atoms with Crippen LogP contribution in [0.5, 0.6) is 0 Å². The monoisotopic (exact) mass is 297 g/mol. The molecule has 8 heteroatoms. The molecule has 2 aromatic rings. The molecule has 0 spiro atoms. The number of nitrogens with two attached hydrogens (primary N) is 1. The number of alkyl halides is 3. The maximum absolute atomic E-state index is 12.9. The second-order valence-corrected chi connectivity index (χ2v) is 5.12. The second-order valence-electron chi connectivity index (χ2n) is 5.12. The number of aromatic nitrogens is 3. The SMILES string of the molecule is Nc1ncnc2ccc(N3CCCC(C(F)(F)F)C3)nc12. The van der Waals surface area contributed by atoms with E-state index in [2.05, 4.69) is 15.0 Å². The predicted molar refractivity (Wildman–Crippen MR) is 72.7 cm³/mol. The van der Waals surface area contributed by atoms with Gasteiger partial charge in [-0.3, -0.25) is 0 Å². The predicted octanol–water partition coefficient (Wildman–Crippen LogP) is 2.39. The van der Waals surface area contributed by atoms with E-state index in [1.807, 2.05) is 0 Å². The number of piperidine rings is 1. The van der Waals surface area contributed by atoms with E-state index in [1.165, 1.54) is 6.33 Å². The maximum atomic E-state index is 12.9. The number of pyridine rings is 1. The molecule has 2 aromatic heterocycles. The summed E-state index contributed by atoms with van der Waals surface area (Å²) in [5.41, 5.74) is 6.74. The number of nitrogen functional groups attached to an aromatic ring is 1. The van der Waals surface area contributed by atoms with Crippen molar-refractivity contribution in [1.29, 1.82) is 0 Å². The lowest BCUT2D eigenvalue weighted by molar-refractivity contribution is -0.176. The van der Waals surface area contributed by atoms with Gasteiger partial charge in [0.2, 0.25) is 0 Å². The molecule has 2 N–H and O–H groups in total. The molecule has 1 saturated heterocycles. The molecule has 112 valence electrons. The smallest absolute Gasteiger partial charge is 0.382 e. The van der Waals surface area contributed by atoms with Crippen molar-refractivity contribution in [2.75, 3.05) is 23.7 Å². The minimum atomic E-state index is -4.17. The maximum Gasteiger partial charge on any atom is 0.393 e. The molecule has 1 unspecified atom stereocenters. The summed E-state index contributed by atoms with van der Waals surface area (Å²) in [5.74, 6) is -0.600. The van der Waals surface area contributed by atoms with Gasteiger partial charge in [0.15, 0.2) is 5.82 Å². The largest absolute Gasteiger partial charge is 0.393 e. The lowest BCUT2D eigenvalue weighted by Gasteiger charge is -2.34. The van der Waals surface area contributed by atoms with E-state index >= 15 is 0 Å². The van der Waals surface area contributed by atoms with Crippen molar-refractivity contribution in [3.63, 3.8) is 0 Å². The Kier molecular flexibility index (Phi) is 3.30. The van der Waals surface area contributed by atoms with Crippen molar-refractivity contribution >= 4 is 22.7 Å². The first-order valence-electron chi connectivity index (χ1n) is 6.64. The fourth-order valence-corrected chi connectivity index (χ4v) is 2.58. The molecule has 0 aliphatic carbocycles. The van der Waals surface area contributed by atoms with Gasteiger partial charge in [-0.25, -0.2) is 15.0 Å². The number of nitrogens with zero attached hydrogens (tertiary/aromatic N) is 4. The third-order valence-corrected chi connectivity index (χ3v) is 3.70. The average Bonchev–Trinajstić information content (AvgIpc) is 2.47. The molecule has 21 heavy (non-hydrogen) atoms. The number of rotatable bonds is 1. The van der Waals surface area contributed by atoms with Gasteiger partial charge in [0.25, 0.3) is 0 Å². The van der Waals surface area contributed by atoms with Crippen LogP contribution in [0.1, 0.15) is 12.8 Å². The van der Waals surface area contributed by atoms with Crippen molar-refractivity contribution < 1.29 is 13.2 Å². The Morgan fingerprint density at radius 2 is 2.05 bits per heavy atom. The number of hydrogen-bond donors (Lipinski definition) is 1. The van der Waals surface area contributed by atoms with Crippen LogP contribution in [0.3, 0.4) is 0 Å². The van der Waals surface area contributed by atoms with E-state index in [0.29, 0.717) is 29.8 Å². The molecule has 1 aliphatic heterocycles. The van der Waals surface area contributed by atoms with Crippen molar-refractivity contribution in [2.45, 2.75) is 19.0 Å². The Labute approximate surface area is 119 Å².